The van der Waals surface area contributed by atoms with Crippen molar-refractivity contribution in [2.45, 2.75) is 44.0 Å². The molecule has 1 fully saturated rings. The Balaban J connectivity index is 1.94. The zero-order valence-electron chi connectivity index (χ0n) is 11.8. The predicted octanol–water partition coefficient (Wildman–Crippen LogP) is 2.49. The maximum atomic E-state index is 10.4. The van der Waals surface area contributed by atoms with Crippen LogP contribution in [0.5, 0.6) is 0 Å². The van der Waals surface area contributed by atoms with Gasteiger partial charge in [0.1, 0.15) is 0 Å². The summed E-state index contributed by atoms with van der Waals surface area (Å²) in [4.78, 5) is 0.575. The van der Waals surface area contributed by atoms with Gasteiger partial charge in [-0.2, -0.15) is 0 Å². The molecular weight excluding hydrogens is 301 g/mol. The number of hydroxylamine groups is 1. The van der Waals surface area contributed by atoms with E-state index in [4.69, 9.17) is 0 Å². The molecule has 3 atom stereocenters. The quantitative estimate of drug-likeness (QED) is 0.504. The first-order valence-corrected chi connectivity index (χ1v) is 8.84. The summed E-state index contributed by atoms with van der Waals surface area (Å²) in [5.41, 5.74) is 0.0590. The molecular formula is C16H22NOSe+. The molecule has 2 nitrogen and oxygen atoms in total. The van der Waals surface area contributed by atoms with Crippen LogP contribution in [0.15, 0.2) is 30.3 Å². The van der Waals surface area contributed by atoms with Crippen molar-refractivity contribution in [3.63, 3.8) is 0 Å². The van der Waals surface area contributed by atoms with Crippen LogP contribution in [0.4, 0.5) is 0 Å². The fraction of sp³-hybridized carbons (Fsp3) is 0.562. The van der Waals surface area contributed by atoms with Gasteiger partial charge in [0.05, 0.1) is 0 Å². The van der Waals surface area contributed by atoms with Crippen molar-refractivity contribution >= 4 is 25.6 Å². The second-order valence-corrected chi connectivity index (χ2v) is 9.16. The third-order valence-electron chi connectivity index (χ3n) is 5.51. The number of benzene rings is 1. The van der Waals surface area contributed by atoms with Crippen molar-refractivity contribution in [1.29, 1.82) is 0 Å². The van der Waals surface area contributed by atoms with Gasteiger partial charge in [-0.3, -0.25) is 0 Å². The molecule has 1 aromatic rings. The molecule has 0 amide bonds. The van der Waals surface area contributed by atoms with Gasteiger partial charge in [-0.05, 0) is 0 Å². The number of hydrogen-bond acceptors (Lipinski definition) is 1. The minimum absolute atomic E-state index is 0.119. The van der Waals surface area contributed by atoms with Gasteiger partial charge in [0, 0.05) is 0 Å². The molecule has 1 aliphatic carbocycles. The average molecular weight is 323 g/mol. The summed E-state index contributed by atoms with van der Waals surface area (Å²) in [6.07, 6.45) is 4.25. The third kappa shape index (κ3) is 1.79. The number of hydrogen-bond donors (Lipinski definition) is 1. The molecule has 0 radical (unpaired) electrons. The molecule has 1 heterocycles. The van der Waals surface area contributed by atoms with Gasteiger partial charge in [0.25, 0.3) is 0 Å². The Morgan fingerprint density at radius 2 is 1.89 bits per heavy atom. The first-order chi connectivity index (χ1) is 8.96. The molecule has 1 saturated carbocycles. The molecule has 2 bridgehead atoms. The molecule has 2 aliphatic rings. The average Bonchev–Trinajstić information content (AvgIpc) is 2.49. The van der Waals surface area contributed by atoms with Crippen molar-refractivity contribution in [2.24, 2.45) is 11.3 Å². The molecule has 0 aromatic heterocycles. The van der Waals surface area contributed by atoms with E-state index in [2.05, 4.69) is 51.1 Å². The zero-order valence-corrected chi connectivity index (χ0v) is 13.5. The van der Waals surface area contributed by atoms with E-state index >= 15 is 0 Å². The van der Waals surface area contributed by atoms with E-state index in [1.165, 1.54) is 15.6 Å². The fourth-order valence-electron chi connectivity index (χ4n) is 3.69. The molecule has 1 aliphatic heterocycles. The summed E-state index contributed by atoms with van der Waals surface area (Å²) in [6, 6.07) is 10.8. The standard InChI is InChI=1S/C16H22NOSe/c1-15(2)12-9-10-17(18)16(15,3)14(11-12)19-13-7-5-4-6-8-13/h4-8,10,12,14,18H,9,11H2,1-3H3/q+1/t12-,14-,16+/m0/s1. The summed E-state index contributed by atoms with van der Waals surface area (Å²) >= 11 is 0.418. The first kappa shape index (κ1) is 13.2. The summed E-state index contributed by atoms with van der Waals surface area (Å²) in [5.74, 6) is 0.705. The molecule has 0 saturated heterocycles. The molecule has 102 valence electrons. The molecule has 19 heavy (non-hydrogen) atoms. The van der Waals surface area contributed by atoms with Gasteiger partial charge in [0.15, 0.2) is 0 Å². The Morgan fingerprint density at radius 1 is 1.21 bits per heavy atom. The van der Waals surface area contributed by atoms with Gasteiger partial charge in [0.2, 0.25) is 0 Å². The van der Waals surface area contributed by atoms with E-state index in [0.29, 0.717) is 25.7 Å². The monoisotopic (exact) mass is 324 g/mol. The number of fused-ring (bicyclic) bond motifs is 2. The summed E-state index contributed by atoms with van der Waals surface area (Å²) < 4.78 is 2.98. The topological polar surface area (TPSA) is 23.2 Å². The van der Waals surface area contributed by atoms with Gasteiger partial charge < -0.3 is 0 Å². The van der Waals surface area contributed by atoms with Crippen molar-refractivity contribution in [1.82, 2.24) is 0 Å². The van der Waals surface area contributed by atoms with Crippen LogP contribution < -0.4 is 4.46 Å². The fourth-order valence-corrected chi connectivity index (χ4v) is 7.07. The van der Waals surface area contributed by atoms with Crippen LogP contribution >= 0.6 is 0 Å². The zero-order chi connectivity index (χ0) is 13.7. The van der Waals surface area contributed by atoms with Gasteiger partial charge in [-0.25, -0.2) is 0 Å². The number of rotatable bonds is 2. The van der Waals surface area contributed by atoms with Gasteiger partial charge in [-0.1, -0.05) is 0 Å². The second kappa shape index (κ2) is 4.36. The van der Waals surface area contributed by atoms with Crippen molar-refractivity contribution in [3.05, 3.63) is 30.3 Å². The molecule has 1 aromatic carbocycles. The second-order valence-electron chi connectivity index (χ2n) is 6.48. The van der Waals surface area contributed by atoms with Crippen LogP contribution in [0.1, 0.15) is 33.6 Å². The van der Waals surface area contributed by atoms with E-state index in [-0.39, 0.29) is 11.0 Å². The van der Waals surface area contributed by atoms with Gasteiger partial charge in [-0.15, -0.1) is 0 Å². The Kier molecular flexibility index (Phi) is 3.03. The summed E-state index contributed by atoms with van der Waals surface area (Å²) in [7, 11) is 0. The van der Waals surface area contributed by atoms with E-state index in [0.717, 1.165) is 6.42 Å². The predicted molar refractivity (Wildman–Crippen MR) is 78.6 cm³/mol. The third-order valence-corrected chi connectivity index (χ3v) is 8.62. The molecule has 1 N–H and O–H groups in total. The maximum absolute atomic E-state index is 10.4. The van der Waals surface area contributed by atoms with Crippen LogP contribution in [-0.2, 0) is 0 Å². The minimum atomic E-state index is -0.119. The first-order valence-electron chi connectivity index (χ1n) is 6.99. The Labute approximate surface area is 121 Å². The van der Waals surface area contributed by atoms with Crippen molar-refractivity contribution < 1.29 is 9.95 Å². The Bertz CT molecular complexity index is 511. The van der Waals surface area contributed by atoms with E-state index in [1.54, 1.807) is 0 Å². The van der Waals surface area contributed by atoms with Crippen LogP contribution in [0.25, 0.3) is 0 Å². The van der Waals surface area contributed by atoms with Crippen molar-refractivity contribution in [2.75, 3.05) is 0 Å². The normalized spacial score (nSPS) is 36.1. The van der Waals surface area contributed by atoms with E-state index < -0.39 is 0 Å². The van der Waals surface area contributed by atoms with Crippen molar-refractivity contribution in [3.8, 4) is 0 Å². The van der Waals surface area contributed by atoms with Crippen LogP contribution in [0, 0.1) is 11.3 Å². The van der Waals surface area contributed by atoms with Crippen LogP contribution in [0.2, 0.25) is 4.82 Å². The molecule has 0 spiro atoms. The molecule has 0 unspecified atom stereocenters. The summed E-state index contributed by atoms with van der Waals surface area (Å²) in [6.45, 7) is 6.90. The van der Waals surface area contributed by atoms with Crippen LogP contribution in [0.3, 0.4) is 0 Å². The number of nitrogens with zero attached hydrogens (tertiary/aromatic N) is 1. The molecule has 3 rings (SSSR count). The Morgan fingerprint density at radius 3 is 2.58 bits per heavy atom. The molecule has 3 heteroatoms. The van der Waals surface area contributed by atoms with E-state index in [9.17, 15) is 5.21 Å². The van der Waals surface area contributed by atoms with E-state index in [1.807, 2.05) is 6.21 Å². The van der Waals surface area contributed by atoms with Gasteiger partial charge >= 0.3 is 121 Å². The Hall–Kier alpha value is -0.791. The summed E-state index contributed by atoms with van der Waals surface area (Å²) in [5, 5.41) is 10.4. The SMILES string of the molecule is CC1(C)[C@H]2CC=[N+](O)[C@]1(C)[C@@H]([Se]c1ccccc1)C2. The van der Waals surface area contributed by atoms with Crippen LogP contribution in [-0.4, -0.2) is 36.7 Å².